The van der Waals surface area contributed by atoms with Crippen LogP contribution < -0.4 is 4.74 Å². The molecule has 0 saturated carbocycles. The highest BCUT2D eigenvalue weighted by Crippen LogP contribution is 2.28. The summed E-state index contributed by atoms with van der Waals surface area (Å²) in [5.41, 5.74) is 0.691. The molecule has 0 aliphatic carbocycles. The van der Waals surface area contributed by atoms with Gasteiger partial charge in [0.05, 0.1) is 5.69 Å². The summed E-state index contributed by atoms with van der Waals surface area (Å²) in [5, 5.41) is 11.9. The zero-order chi connectivity index (χ0) is 17.6. The van der Waals surface area contributed by atoms with Gasteiger partial charge in [-0.05, 0) is 22.6 Å². The van der Waals surface area contributed by atoms with Gasteiger partial charge < -0.3 is 9.47 Å². The molecule has 2 aromatic carbocycles. The second-order valence-electron chi connectivity index (χ2n) is 4.91. The number of ether oxygens (including phenoxy) is 2. The summed E-state index contributed by atoms with van der Waals surface area (Å²) in [7, 11) is 1.43. The van der Waals surface area contributed by atoms with Crippen LogP contribution in [0.4, 0.5) is 8.78 Å². The molecule has 0 aliphatic heterocycles. The molecular formula is C16H14F2N4O2S. The Bertz CT molecular complexity index is 822. The Kier molecular flexibility index (Phi) is 5.56. The van der Waals surface area contributed by atoms with Crippen LogP contribution in [0.1, 0.15) is 5.56 Å². The maximum absolute atomic E-state index is 14.2. The standard InChI is InChI=1S/C16H14F2N4O2S/c1-23-10-24-12-7-14(17)13(15(18)8-12)9-25-16-19-20-21-22(16)11-5-3-2-4-6-11/h2-8H,9-10H2,1H3. The molecule has 0 unspecified atom stereocenters. The summed E-state index contributed by atoms with van der Waals surface area (Å²) >= 11 is 1.14. The first kappa shape index (κ1) is 17.3. The summed E-state index contributed by atoms with van der Waals surface area (Å²) in [6.45, 7) is -0.0845. The molecule has 0 saturated heterocycles. The van der Waals surface area contributed by atoms with Gasteiger partial charge in [-0.3, -0.25) is 0 Å². The Morgan fingerprint density at radius 2 is 1.84 bits per heavy atom. The smallest absolute Gasteiger partial charge is 0.214 e. The van der Waals surface area contributed by atoms with Crippen LogP contribution in [-0.4, -0.2) is 34.1 Å². The molecule has 0 amide bonds. The third-order valence-corrected chi connectivity index (χ3v) is 4.19. The molecule has 3 rings (SSSR count). The number of thioether (sulfide) groups is 1. The van der Waals surface area contributed by atoms with Gasteiger partial charge in [-0.15, -0.1) is 5.10 Å². The number of para-hydroxylation sites is 1. The normalized spacial score (nSPS) is 10.8. The number of aromatic nitrogens is 4. The van der Waals surface area contributed by atoms with E-state index in [1.54, 1.807) is 0 Å². The van der Waals surface area contributed by atoms with E-state index >= 15 is 0 Å². The van der Waals surface area contributed by atoms with Crippen LogP contribution in [0.25, 0.3) is 5.69 Å². The maximum atomic E-state index is 14.2. The van der Waals surface area contributed by atoms with E-state index in [0.717, 1.165) is 29.6 Å². The molecule has 0 spiro atoms. The molecule has 0 aliphatic rings. The SMILES string of the molecule is COCOc1cc(F)c(CSc2nnnn2-c2ccccc2)c(F)c1. The van der Waals surface area contributed by atoms with Crippen LogP contribution in [0, 0.1) is 11.6 Å². The van der Waals surface area contributed by atoms with Crippen molar-refractivity contribution >= 4 is 11.8 Å². The number of tetrazole rings is 1. The topological polar surface area (TPSA) is 62.1 Å². The lowest BCUT2D eigenvalue weighted by Gasteiger charge is -2.09. The molecule has 1 aromatic heterocycles. The number of halogens is 2. The third kappa shape index (κ3) is 4.12. The molecular weight excluding hydrogens is 350 g/mol. The molecule has 9 heteroatoms. The average Bonchev–Trinajstić information content (AvgIpc) is 3.08. The molecule has 0 bridgehead atoms. The minimum atomic E-state index is -0.697. The number of hydrogen-bond donors (Lipinski definition) is 0. The fraction of sp³-hybridized carbons (Fsp3) is 0.188. The van der Waals surface area contributed by atoms with Crippen LogP contribution in [0.15, 0.2) is 47.6 Å². The van der Waals surface area contributed by atoms with Crippen LogP contribution >= 0.6 is 11.8 Å². The first-order valence-electron chi connectivity index (χ1n) is 7.25. The van der Waals surface area contributed by atoms with Gasteiger partial charge in [0.15, 0.2) is 6.79 Å². The van der Waals surface area contributed by atoms with Gasteiger partial charge in [0, 0.05) is 30.6 Å². The second kappa shape index (κ2) is 8.04. The Morgan fingerprint density at radius 3 is 2.52 bits per heavy atom. The summed E-state index contributed by atoms with van der Waals surface area (Å²) in [4.78, 5) is 0. The number of methoxy groups -OCH3 is 1. The predicted octanol–water partition coefficient (Wildman–Crippen LogP) is 3.22. The Hall–Kier alpha value is -2.52. The van der Waals surface area contributed by atoms with Crippen molar-refractivity contribution in [2.45, 2.75) is 10.9 Å². The zero-order valence-electron chi connectivity index (χ0n) is 13.2. The Labute approximate surface area is 146 Å². The lowest BCUT2D eigenvalue weighted by Crippen LogP contribution is -2.02. The van der Waals surface area contributed by atoms with E-state index < -0.39 is 11.6 Å². The zero-order valence-corrected chi connectivity index (χ0v) is 14.0. The summed E-state index contributed by atoms with van der Waals surface area (Å²) in [5.74, 6) is -1.29. The third-order valence-electron chi connectivity index (χ3n) is 3.25. The fourth-order valence-corrected chi connectivity index (χ4v) is 2.97. The van der Waals surface area contributed by atoms with E-state index in [1.165, 1.54) is 11.8 Å². The van der Waals surface area contributed by atoms with E-state index in [1.807, 2.05) is 30.3 Å². The predicted molar refractivity (Wildman–Crippen MR) is 87.6 cm³/mol. The first-order valence-corrected chi connectivity index (χ1v) is 8.24. The lowest BCUT2D eigenvalue weighted by molar-refractivity contribution is 0.0506. The maximum Gasteiger partial charge on any atom is 0.214 e. The van der Waals surface area contributed by atoms with Gasteiger partial charge in [-0.25, -0.2) is 8.78 Å². The van der Waals surface area contributed by atoms with Gasteiger partial charge in [-0.1, -0.05) is 30.0 Å². The molecule has 0 fully saturated rings. The lowest BCUT2D eigenvalue weighted by atomic mass is 10.2. The van der Waals surface area contributed by atoms with Gasteiger partial charge in [0.1, 0.15) is 17.4 Å². The van der Waals surface area contributed by atoms with Crippen molar-refractivity contribution in [1.82, 2.24) is 20.2 Å². The van der Waals surface area contributed by atoms with E-state index in [9.17, 15) is 8.78 Å². The van der Waals surface area contributed by atoms with Crippen molar-refractivity contribution in [2.75, 3.05) is 13.9 Å². The molecule has 0 atom stereocenters. The van der Waals surface area contributed by atoms with Crippen molar-refractivity contribution in [1.29, 1.82) is 0 Å². The minimum absolute atomic E-state index is 0.0371. The quantitative estimate of drug-likeness (QED) is 0.474. The van der Waals surface area contributed by atoms with Crippen molar-refractivity contribution in [3.63, 3.8) is 0 Å². The second-order valence-corrected chi connectivity index (χ2v) is 5.86. The highest BCUT2D eigenvalue weighted by molar-refractivity contribution is 7.98. The van der Waals surface area contributed by atoms with Gasteiger partial charge in [-0.2, -0.15) is 4.68 Å². The average molecular weight is 364 g/mol. The van der Waals surface area contributed by atoms with Crippen LogP contribution in [0.5, 0.6) is 5.75 Å². The summed E-state index contributed by atoms with van der Waals surface area (Å²) in [6.07, 6.45) is 0. The summed E-state index contributed by atoms with van der Waals surface area (Å²) in [6, 6.07) is 11.5. The van der Waals surface area contributed by atoms with E-state index in [2.05, 4.69) is 15.5 Å². The van der Waals surface area contributed by atoms with E-state index in [0.29, 0.717) is 5.16 Å². The first-order chi connectivity index (χ1) is 12.2. The van der Waals surface area contributed by atoms with E-state index in [-0.39, 0.29) is 23.9 Å². The number of rotatable bonds is 7. The Balaban J connectivity index is 1.76. The van der Waals surface area contributed by atoms with Crippen LogP contribution in [-0.2, 0) is 10.5 Å². The van der Waals surface area contributed by atoms with Crippen molar-refractivity contribution in [3.8, 4) is 11.4 Å². The van der Waals surface area contributed by atoms with Crippen LogP contribution in [0.2, 0.25) is 0 Å². The van der Waals surface area contributed by atoms with Crippen molar-refractivity contribution < 1.29 is 18.3 Å². The molecule has 1 heterocycles. The van der Waals surface area contributed by atoms with Crippen molar-refractivity contribution in [2.24, 2.45) is 0 Å². The van der Waals surface area contributed by atoms with Gasteiger partial charge >= 0.3 is 0 Å². The van der Waals surface area contributed by atoms with Crippen LogP contribution in [0.3, 0.4) is 0 Å². The molecule has 6 nitrogen and oxygen atoms in total. The monoisotopic (exact) mass is 364 g/mol. The largest absolute Gasteiger partial charge is 0.467 e. The molecule has 0 N–H and O–H groups in total. The molecule has 0 radical (unpaired) electrons. The fourth-order valence-electron chi connectivity index (χ4n) is 2.06. The number of benzene rings is 2. The minimum Gasteiger partial charge on any atom is -0.467 e. The molecule has 25 heavy (non-hydrogen) atoms. The van der Waals surface area contributed by atoms with Crippen molar-refractivity contribution in [3.05, 3.63) is 59.7 Å². The van der Waals surface area contributed by atoms with E-state index in [4.69, 9.17) is 9.47 Å². The highest BCUT2D eigenvalue weighted by Gasteiger charge is 2.15. The summed E-state index contributed by atoms with van der Waals surface area (Å²) < 4.78 is 39.6. The Morgan fingerprint density at radius 1 is 1.12 bits per heavy atom. The van der Waals surface area contributed by atoms with Gasteiger partial charge in [0.2, 0.25) is 5.16 Å². The number of nitrogens with zero attached hydrogens (tertiary/aromatic N) is 4. The number of hydrogen-bond acceptors (Lipinski definition) is 6. The van der Waals surface area contributed by atoms with Gasteiger partial charge in [0.25, 0.3) is 0 Å². The molecule has 130 valence electrons. The highest BCUT2D eigenvalue weighted by atomic mass is 32.2. The molecule has 3 aromatic rings.